The SMILES string of the molecule is COc1ccc(Cl)cc1C(=O)N1CCN(c2ccc(NC(=O)c3ccc(F)cc3)cc2)CC1. The molecule has 0 aromatic heterocycles. The lowest BCUT2D eigenvalue weighted by atomic mass is 10.1. The highest BCUT2D eigenvalue weighted by atomic mass is 35.5. The van der Waals surface area contributed by atoms with Crippen LogP contribution in [0.1, 0.15) is 20.7 Å². The second-order valence-corrected chi connectivity index (χ2v) is 8.07. The van der Waals surface area contributed by atoms with Gasteiger partial charge < -0.3 is 19.9 Å². The first-order chi connectivity index (χ1) is 15.9. The van der Waals surface area contributed by atoms with Crippen molar-refractivity contribution in [2.45, 2.75) is 0 Å². The molecule has 33 heavy (non-hydrogen) atoms. The first-order valence-electron chi connectivity index (χ1n) is 10.5. The summed E-state index contributed by atoms with van der Waals surface area (Å²) in [7, 11) is 1.53. The number of anilines is 2. The zero-order valence-corrected chi connectivity index (χ0v) is 18.8. The van der Waals surface area contributed by atoms with E-state index < -0.39 is 0 Å². The summed E-state index contributed by atoms with van der Waals surface area (Å²) in [6, 6.07) is 17.9. The second-order valence-electron chi connectivity index (χ2n) is 7.63. The number of hydrogen-bond acceptors (Lipinski definition) is 4. The molecule has 1 fully saturated rings. The van der Waals surface area contributed by atoms with Crippen LogP contribution in [0.2, 0.25) is 5.02 Å². The van der Waals surface area contributed by atoms with E-state index in [0.29, 0.717) is 53.8 Å². The Labute approximate surface area is 196 Å². The van der Waals surface area contributed by atoms with Gasteiger partial charge in [-0.1, -0.05) is 11.6 Å². The monoisotopic (exact) mass is 467 g/mol. The van der Waals surface area contributed by atoms with Crippen LogP contribution in [0.3, 0.4) is 0 Å². The van der Waals surface area contributed by atoms with Gasteiger partial charge in [-0.3, -0.25) is 9.59 Å². The van der Waals surface area contributed by atoms with Gasteiger partial charge in [0.15, 0.2) is 0 Å². The van der Waals surface area contributed by atoms with Gasteiger partial charge in [0.2, 0.25) is 0 Å². The molecule has 1 heterocycles. The number of methoxy groups -OCH3 is 1. The van der Waals surface area contributed by atoms with Gasteiger partial charge in [-0.15, -0.1) is 0 Å². The molecule has 0 aliphatic carbocycles. The minimum absolute atomic E-state index is 0.104. The van der Waals surface area contributed by atoms with Crippen LogP contribution in [0.5, 0.6) is 5.75 Å². The molecule has 3 aromatic rings. The normalized spacial score (nSPS) is 13.5. The van der Waals surface area contributed by atoms with Gasteiger partial charge in [0.05, 0.1) is 12.7 Å². The number of nitrogens with zero attached hydrogens (tertiary/aromatic N) is 2. The zero-order chi connectivity index (χ0) is 23.4. The van der Waals surface area contributed by atoms with Crippen molar-refractivity contribution in [1.82, 2.24) is 4.90 Å². The maximum Gasteiger partial charge on any atom is 0.257 e. The van der Waals surface area contributed by atoms with Gasteiger partial charge in [0, 0.05) is 48.1 Å². The molecule has 8 heteroatoms. The van der Waals surface area contributed by atoms with E-state index in [1.54, 1.807) is 23.1 Å². The minimum atomic E-state index is -0.385. The maximum absolute atomic E-state index is 13.0. The maximum atomic E-state index is 13.0. The first-order valence-corrected chi connectivity index (χ1v) is 10.9. The number of nitrogens with one attached hydrogen (secondary N) is 1. The summed E-state index contributed by atoms with van der Waals surface area (Å²) < 4.78 is 18.3. The third-order valence-corrected chi connectivity index (χ3v) is 5.79. The minimum Gasteiger partial charge on any atom is -0.496 e. The molecule has 0 saturated carbocycles. The summed E-state index contributed by atoms with van der Waals surface area (Å²) in [5.41, 5.74) is 2.49. The lowest BCUT2D eigenvalue weighted by Crippen LogP contribution is -2.48. The Balaban J connectivity index is 1.35. The summed E-state index contributed by atoms with van der Waals surface area (Å²) in [4.78, 5) is 29.2. The van der Waals surface area contributed by atoms with E-state index in [1.165, 1.54) is 31.4 Å². The molecule has 0 radical (unpaired) electrons. The number of piperazine rings is 1. The molecule has 0 unspecified atom stereocenters. The van der Waals surface area contributed by atoms with Gasteiger partial charge in [-0.25, -0.2) is 4.39 Å². The van der Waals surface area contributed by atoms with Crippen molar-refractivity contribution in [3.05, 3.63) is 88.7 Å². The number of ether oxygens (including phenoxy) is 1. The van der Waals surface area contributed by atoms with Gasteiger partial charge in [0.25, 0.3) is 11.8 Å². The van der Waals surface area contributed by atoms with Gasteiger partial charge >= 0.3 is 0 Å². The van der Waals surface area contributed by atoms with E-state index in [9.17, 15) is 14.0 Å². The summed E-state index contributed by atoms with van der Waals surface area (Å²) in [5, 5.41) is 3.30. The summed E-state index contributed by atoms with van der Waals surface area (Å²) in [5.74, 6) is -0.284. The number of halogens is 2. The Morgan fingerprint density at radius 3 is 2.24 bits per heavy atom. The van der Waals surface area contributed by atoms with Gasteiger partial charge in [0.1, 0.15) is 11.6 Å². The number of amides is 2. The Hall–Kier alpha value is -3.58. The molecule has 4 rings (SSSR count). The first kappa shape index (κ1) is 22.6. The molecule has 1 aliphatic rings. The Morgan fingerprint density at radius 2 is 1.61 bits per heavy atom. The van der Waals surface area contributed by atoms with Crippen LogP contribution in [0.25, 0.3) is 0 Å². The molecule has 6 nitrogen and oxygen atoms in total. The average molecular weight is 468 g/mol. The summed E-state index contributed by atoms with van der Waals surface area (Å²) in [6.45, 7) is 2.49. The van der Waals surface area contributed by atoms with E-state index in [0.717, 1.165) is 5.69 Å². The number of benzene rings is 3. The molecule has 170 valence electrons. The van der Waals surface area contributed by atoms with Crippen molar-refractivity contribution in [3.8, 4) is 5.75 Å². The van der Waals surface area contributed by atoms with Crippen molar-refractivity contribution < 1.29 is 18.7 Å². The van der Waals surface area contributed by atoms with Crippen LogP contribution in [-0.2, 0) is 0 Å². The second kappa shape index (κ2) is 9.92. The lowest BCUT2D eigenvalue weighted by molar-refractivity contribution is 0.0743. The van der Waals surface area contributed by atoms with Crippen LogP contribution in [-0.4, -0.2) is 50.0 Å². The topological polar surface area (TPSA) is 61.9 Å². The van der Waals surface area contributed by atoms with Crippen molar-refractivity contribution >= 4 is 34.8 Å². The zero-order valence-electron chi connectivity index (χ0n) is 18.1. The molecule has 1 N–H and O–H groups in total. The summed E-state index contributed by atoms with van der Waals surface area (Å²) in [6.07, 6.45) is 0. The molecule has 1 aliphatic heterocycles. The molecule has 1 saturated heterocycles. The smallest absolute Gasteiger partial charge is 0.257 e. The van der Waals surface area contributed by atoms with E-state index in [2.05, 4.69) is 10.2 Å². The van der Waals surface area contributed by atoms with Crippen molar-refractivity contribution in [2.75, 3.05) is 43.5 Å². The largest absolute Gasteiger partial charge is 0.496 e. The van der Waals surface area contributed by atoms with Crippen molar-refractivity contribution in [3.63, 3.8) is 0 Å². The molecule has 2 amide bonds. The number of carbonyl (C=O) groups excluding carboxylic acids is 2. The molecule has 0 atom stereocenters. The fourth-order valence-corrected chi connectivity index (χ4v) is 3.92. The molecule has 0 spiro atoms. The van der Waals surface area contributed by atoms with Gasteiger partial charge in [-0.2, -0.15) is 0 Å². The third-order valence-electron chi connectivity index (χ3n) is 5.56. The number of rotatable bonds is 5. The molecule has 3 aromatic carbocycles. The van der Waals surface area contributed by atoms with Crippen LogP contribution in [0.15, 0.2) is 66.7 Å². The average Bonchev–Trinajstić information content (AvgIpc) is 2.84. The van der Waals surface area contributed by atoms with Crippen LogP contribution < -0.4 is 15.0 Å². The predicted octanol–water partition coefficient (Wildman–Crippen LogP) is 4.70. The lowest BCUT2D eigenvalue weighted by Gasteiger charge is -2.36. The summed E-state index contributed by atoms with van der Waals surface area (Å²) >= 11 is 6.07. The van der Waals surface area contributed by atoms with Crippen LogP contribution in [0.4, 0.5) is 15.8 Å². The van der Waals surface area contributed by atoms with E-state index in [4.69, 9.17) is 16.3 Å². The van der Waals surface area contributed by atoms with E-state index in [-0.39, 0.29) is 17.6 Å². The van der Waals surface area contributed by atoms with Gasteiger partial charge in [-0.05, 0) is 66.7 Å². The Bertz CT molecular complexity index is 1140. The van der Waals surface area contributed by atoms with E-state index in [1.807, 2.05) is 24.3 Å². The quantitative estimate of drug-likeness (QED) is 0.590. The molecular formula is C25H23ClFN3O3. The number of carbonyl (C=O) groups is 2. The standard InChI is InChI=1S/C25H23ClFN3O3/c1-33-23-11-4-18(26)16-22(23)25(32)30-14-12-29(13-15-30)21-9-7-20(8-10-21)28-24(31)17-2-5-19(27)6-3-17/h2-11,16H,12-15H2,1H3,(H,28,31). The van der Waals surface area contributed by atoms with Crippen molar-refractivity contribution in [1.29, 1.82) is 0 Å². The molecule has 0 bridgehead atoms. The fourth-order valence-electron chi connectivity index (χ4n) is 3.75. The van der Waals surface area contributed by atoms with Crippen molar-refractivity contribution in [2.24, 2.45) is 0 Å². The fraction of sp³-hybridized carbons (Fsp3) is 0.200. The number of hydrogen-bond donors (Lipinski definition) is 1. The highest BCUT2D eigenvalue weighted by molar-refractivity contribution is 6.31. The Morgan fingerprint density at radius 1 is 0.939 bits per heavy atom. The molecular weight excluding hydrogens is 445 g/mol. The Kier molecular flexibility index (Phi) is 6.79. The van der Waals surface area contributed by atoms with E-state index >= 15 is 0 Å². The van der Waals surface area contributed by atoms with Crippen LogP contribution in [0, 0.1) is 5.82 Å². The highest BCUT2D eigenvalue weighted by Gasteiger charge is 2.24. The third kappa shape index (κ3) is 5.26. The predicted molar refractivity (Wildman–Crippen MR) is 127 cm³/mol. The highest BCUT2D eigenvalue weighted by Crippen LogP contribution is 2.26. The van der Waals surface area contributed by atoms with Crippen LogP contribution >= 0.6 is 11.6 Å².